The van der Waals surface area contributed by atoms with Crippen molar-refractivity contribution in [2.75, 3.05) is 6.54 Å². The van der Waals surface area contributed by atoms with Crippen molar-refractivity contribution < 1.29 is 0 Å². The fourth-order valence-electron chi connectivity index (χ4n) is 2.25. The molecule has 0 aliphatic heterocycles. The highest BCUT2D eigenvalue weighted by Crippen LogP contribution is 2.19. The lowest BCUT2D eigenvalue weighted by molar-refractivity contribution is 0.518. The zero-order valence-corrected chi connectivity index (χ0v) is 12.1. The molecule has 3 nitrogen and oxygen atoms in total. The van der Waals surface area contributed by atoms with Gasteiger partial charge in [0.25, 0.3) is 0 Å². The second-order valence-corrected chi connectivity index (χ2v) is 4.97. The molecule has 0 saturated heterocycles. The van der Waals surface area contributed by atoms with Crippen LogP contribution in [0.25, 0.3) is 5.69 Å². The third-order valence-electron chi connectivity index (χ3n) is 3.30. The number of hydrogen-bond donors (Lipinski definition) is 1. The van der Waals surface area contributed by atoms with Gasteiger partial charge in [-0.15, -0.1) is 0 Å². The van der Waals surface area contributed by atoms with Crippen LogP contribution < -0.4 is 5.32 Å². The molecule has 0 fully saturated rings. The smallest absolute Gasteiger partial charge is 0.0648 e. The Kier molecular flexibility index (Phi) is 4.74. The molecule has 1 unspecified atom stereocenters. The first-order valence-corrected chi connectivity index (χ1v) is 7.09. The van der Waals surface area contributed by atoms with Crippen molar-refractivity contribution in [2.45, 2.75) is 39.7 Å². The Labute approximate surface area is 115 Å². The van der Waals surface area contributed by atoms with E-state index in [9.17, 15) is 0 Å². The van der Waals surface area contributed by atoms with Crippen molar-refractivity contribution >= 4 is 0 Å². The molecule has 102 valence electrons. The zero-order chi connectivity index (χ0) is 13.7. The van der Waals surface area contributed by atoms with E-state index in [4.69, 9.17) is 0 Å². The Morgan fingerprint density at radius 2 is 2.16 bits per heavy atom. The first-order chi connectivity index (χ1) is 9.24. The maximum atomic E-state index is 4.37. The van der Waals surface area contributed by atoms with Gasteiger partial charge in [-0.2, -0.15) is 5.10 Å². The number of benzene rings is 1. The molecule has 2 rings (SSSR count). The highest BCUT2D eigenvalue weighted by Gasteiger charge is 2.09. The summed E-state index contributed by atoms with van der Waals surface area (Å²) >= 11 is 0. The summed E-state index contributed by atoms with van der Waals surface area (Å²) in [6.07, 6.45) is 6.20. The fraction of sp³-hybridized carbons (Fsp3) is 0.438. The van der Waals surface area contributed by atoms with E-state index >= 15 is 0 Å². The van der Waals surface area contributed by atoms with E-state index < -0.39 is 0 Å². The average Bonchev–Trinajstić information content (AvgIpc) is 2.87. The van der Waals surface area contributed by atoms with E-state index in [0.717, 1.165) is 25.1 Å². The molecule has 1 aromatic carbocycles. The molecule has 0 aliphatic carbocycles. The summed E-state index contributed by atoms with van der Waals surface area (Å²) in [6, 6.07) is 9.05. The van der Waals surface area contributed by atoms with Crippen molar-refractivity contribution in [2.24, 2.45) is 0 Å². The molecule has 0 saturated carbocycles. The van der Waals surface area contributed by atoms with Gasteiger partial charge in [0.15, 0.2) is 0 Å². The molecule has 0 radical (unpaired) electrons. The van der Waals surface area contributed by atoms with Gasteiger partial charge in [-0.1, -0.05) is 26.0 Å². The van der Waals surface area contributed by atoms with Crippen LogP contribution in [0.2, 0.25) is 0 Å². The number of nitrogens with one attached hydrogen (secondary N) is 1. The van der Waals surface area contributed by atoms with E-state index in [0.29, 0.717) is 6.04 Å². The molecule has 0 amide bonds. The summed E-state index contributed by atoms with van der Waals surface area (Å²) in [5.74, 6) is 0. The second-order valence-electron chi connectivity index (χ2n) is 4.97. The standard InChI is InChI=1S/C16H23N3/c1-4-9-17-16(5-2)14-7-6-8-15(10-14)19-12-13(3)11-18-19/h6-8,10-12,16-17H,4-5,9H2,1-3H3. The quantitative estimate of drug-likeness (QED) is 0.856. The van der Waals surface area contributed by atoms with Crippen molar-refractivity contribution in [1.82, 2.24) is 15.1 Å². The summed E-state index contributed by atoms with van der Waals surface area (Å²) in [6.45, 7) is 7.54. The third kappa shape index (κ3) is 3.44. The van der Waals surface area contributed by atoms with Gasteiger partial charge in [0.1, 0.15) is 0 Å². The molecule has 19 heavy (non-hydrogen) atoms. The Bertz CT molecular complexity index is 516. The molecule has 1 atom stereocenters. The first-order valence-electron chi connectivity index (χ1n) is 7.09. The Hall–Kier alpha value is -1.61. The lowest BCUT2D eigenvalue weighted by Crippen LogP contribution is -2.21. The Morgan fingerprint density at radius 1 is 1.32 bits per heavy atom. The van der Waals surface area contributed by atoms with E-state index in [1.165, 1.54) is 11.1 Å². The molecule has 1 N–H and O–H groups in total. The van der Waals surface area contributed by atoms with Crippen LogP contribution in [-0.4, -0.2) is 16.3 Å². The zero-order valence-electron chi connectivity index (χ0n) is 12.1. The number of aromatic nitrogens is 2. The summed E-state index contributed by atoms with van der Waals surface area (Å²) in [5, 5.41) is 7.96. The molecule has 0 aliphatic rings. The van der Waals surface area contributed by atoms with Crippen LogP contribution in [0.5, 0.6) is 0 Å². The van der Waals surface area contributed by atoms with Crippen molar-refractivity contribution in [3.8, 4) is 5.69 Å². The molecule has 2 aromatic rings. The second kappa shape index (κ2) is 6.53. The minimum Gasteiger partial charge on any atom is -0.310 e. The highest BCUT2D eigenvalue weighted by atomic mass is 15.3. The van der Waals surface area contributed by atoms with E-state index in [1.54, 1.807) is 0 Å². The van der Waals surface area contributed by atoms with Gasteiger partial charge >= 0.3 is 0 Å². The van der Waals surface area contributed by atoms with Gasteiger partial charge < -0.3 is 5.32 Å². The van der Waals surface area contributed by atoms with Gasteiger partial charge in [-0.25, -0.2) is 4.68 Å². The van der Waals surface area contributed by atoms with Crippen LogP contribution >= 0.6 is 0 Å². The highest BCUT2D eigenvalue weighted by molar-refractivity contribution is 5.37. The lowest BCUT2D eigenvalue weighted by atomic mass is 10.0. The SMILES string of the molecule is CCCNC(CC)c1cccc(-n2cc(C)cn2)c1. The van der Waals surface area contributed by atoms with Crippen molar-refractivity contribution in [1.29, 1.82) is 0 Å². The minimum absolute atomic E-state index is 0.427. The van der Waals surface area contributed by atoms with Crippen molar-refractivity contribution in [3.63, 3.8) is 0 Å². The summed E-state index contributed by atoms with van der Waals surface area (Å²) in [4.78, 5) is 0. The van der Waals surface area contributed by atoms with Gasteiger partial charge in [-0.05, 0) is 49.6 Å². The Balaban J connectivity index is 2.22. The topological polar surface area (TPSA) is 29.9 Å². The van der Waals surface area contributed by atoms with Crippen molar-refractivity contribution in [3.05, 3.63) is 47.8 Å². The summed E-state index contributed by atoms with van der Waals surface area (Å²) in [5.41, 5.74) is 3.64. The number of hydrogen-bond acceptors (Lipinski definition) is 2. The minimum atomic E-state index is 0.427. The third-order valence-corrected chi connectivity index (χ3v) is 3.30. The Morgan fingerprint density at radius 3 is 2.79 bits per heavy atom. The largest absolute Gasteiger partial charge is 0.310 e. The molecule has 0 spiro atoms. The van der Waals surface area contributed by atoms with Crippen LogP contribution in [0.15, 0.2) is 36.7 Å². The monoisotopic (exact) mass is 257 g/mol. The van der Waals surface area contributed by atoms with Crippen LogP contribution in [0.4, 0.5) is 0 Å². The van der Waals surface area contributed by atoms with Gasteiger partial charge in [0, 0.05) is 12.2 Å². The van der Waals surface area contributed by atoms with Crippen LogP contribution in [-0.2, 0) is 0 Å². The normalized spacial score (nSPS) is 12.6. The molecule has 1 heterocycles. The van der Waals surface area contributed by atoms with E-state index in [2.05, 4.69) is 61.6 Å². The molecule has 3 heteroatoms. The lowest BCUT2D eigenvalue weighted by Gasteiger charge is -2.17. The summed E-state index contributed by atoms with van der Waals surface area (Å²) in [7, 11) is 0. The van der Waals surface area contributed by atoms with Crippen LogP contribution in [0.3, 0.4) is 0 Å². The van der Waals surface area contributed by atoms with Gasteiger partial charge in [0.05, 0.1) is 11.9 Å². The molecular formula is C16H23N3. The maximum absolute atomic E-state index is 4.37. The molecule has 1 aromatic heterocycles. The van der Waals surface area contributed by atoms with Gasteiger partial charge in [-0.3, -0.25) is 0 Å². The molecule has 0 bridgehead atoms. The van der Waals surface area contributed by atoms with Crippen LogP contribution in [0, 0.1) is 6.92 Å². The molecular weight excluding hydrogens is 234 g/mol. The first kappa shape index (κ1) is 13.8. The number of nitrogens with zero attached hydrogens (tertiary/aromatic N) is 2. The average molecular weight is 257 g/mol. The van der Waals surface area contributed by atoms with E-state index in [1.807, 2.05) is 10.9 Å². The maximum Gasteiger partial charge on any atom is 0.0648 e. The predicted molar refractivity (Wildman–Crippen MR) is 79.6 cm³/mol. The van der Waals surface area contributed by atoms with E-state index in [-0.39, 0.29) is 0 Å². The predicted octanol–water partition coefficient (Wildman–Crippen LogP) is 3.63. The number of rotatable bonds is 6. The van der Waals surface area contributed by atoms with Crippen LogP contribution in [0.1, 0.15) is 43.9 Å². The summed E-state index contributed by atoms with van der Waals surface area (Å²) < 4.78 is 1.94. The van der Waals surface area contributed by atoms with Gasteiger partial charge in [0.2, 0.25) is 0 Å². The number of aryl methyl sites for hydroxylation is 1. The fourth-order valence-corrected chi connectivity index (χ4v) is 2.25.